The van der Waals surface area contributed by atoms with E-state index in [2.05, 4.69) is 58.5 Å². The average Bonchev–Trinajstić information content (AvgIpc) is 3.00. The van der Waals surface area contributed by atoms with Crippen LogP contribution in [0.25, 0.3) is 0 Å². The molecule has 5 aliphatic carbocycles. The number of hydrogen-bond acceptors (Lipinski definition) is 1. The lowest BCUT2D eigenvalue weighted by Gasteiger charge is -2.56. The molecule has 1 saturated heterocycles. The summed E-state index contributed by atoms with van der Waals surface area (Å²) in [4.78, 5) is 0. The first-order valence-electron chi connectivity index (χ1n) is 10.9. The standard InChI is InChI=1S/C25H26BrClO/c26-15-9-12-24-22(13-15)25(20-7-3-4-8-23(20)28-24)19-6-2-1-5-17(19)18-11-10-16(27)14-21(18)25/h1-2,5-7,13-14,17,19,22-24H,3-4,8-12H2. The smallest absolute Gasteiger partial charge is 0.0798 e. The molecule has 1 aliphatic heterocycles. The summed E-state index contributed by atoms with van der Waals surface area (Å²) in [6.45, 7) is 0. The summed E-state index contributed by atoms with van der Waals surface area (Å²) in [6, 6.07) is 0. The molecule has 0 aromatic heterocycles. The van der Waals surface area contributed by atoms with Gasteiger partial charge in [0.25, 0.3) is 0 Å². The first kappa shape index (κ1) is 18.0. The van der Waals surface area contributed by atoms with Crippen molar-refractivity contribution in [2.75, 3.05) is 0 Å². The molecule has 1 nitrogen and oxygen atoms in total. The van der Waals surface area contributed by atoms with E-state index in [-0.39, 0.29) is 11.5 Å². The van der Waals surface area contributed by atoms with Gasteiger partial charge in [-0.25, -0.2) is 0 Å². The van der Waals surface area contributed by atoms with Crippen LogP contribution >= 0.6 is 27.5 Å². The van der Waals surface area contributed by atoms with E-state index in [1.807, 2.05) is 0 Å². The molecule has 6 atom stereocenters. The number of fused-ring (bicyclic) bond motifs is 8. The highest BCUT2D eigenvalue weighted by Crippen LogP contribution is 2.68. The second-order valence-corrected chi connectivity index (χ2v) is 10.7. The minimum atomic E-state index is 0.00919. The molecule has 1 heterocycles. The molecule has 3 heteroatoms. The fourth-order valence-corrected chi connectivity index (χ4v) is 7.71. The van der Waals surface area contributed by atoms with Crippen molar-refractivity contribution in [3.63, 3.8) is 0 Å². The van der Waals surface area contributed by atoms with E-state index >= 15 is 0 Å². The molecule has 6 unspecified atom stereocenters. The van der Waals surface area contributed by atoms with Crippen molar-refractivity contribution >= 4 is 27.5 Å². The van der Waals surface area contributed by atoms with Gasteiger partial charge in [-0.15, -0.1) is 0 Å². The molecule has 0 amide bonds. The third-order valence-electron chi connectivity index (χ3n) is 7.94. The molecule has 1 fully saturated rings. The zero-order valence-corrected chi connectivity index (χ0v) is 18.4. The molecule has 0 radical (unpaired) electrons. The Balaban J connectivity index is 1.65. The van der Waals surface area contributed by atoms with Crippen molar-refractivity contribution < 1.29 is 4.74 Å². The highest BCUT2D eigenvalue weighted by Gasteiger charge is 2.63. The molecular formula is C25H26BrClO. The largest absolute Gasteiger partial charge is 0.370 e. The summed E-state index contributed by atoms with van der Waals surface area (Å²) in [5.74, 6) is 1.38. The van der Waals surface area contributed by atoms with Crippen LogP contribution in [0.2, 0.25) is 0 Å². The Morgan fingerprint density at radius 3 is 2.89 bits per heavy atom. The van der Waals surface area contributed by atoms with Gasteiger partial charge < -0.3 is 4.74 Å². The second kappa shape index (κ2) is 6.59. The normalized spacial score (nSPS) is 43.6. The van der Waals surface area contributed by atoms with E-state index < -0.39 is 0 Å². The first-order chi connectivity index (χ1) is 13.7. The lowest BCUT2D eigenvalue weighted by molar-refractivity contribution is -0.0999. The minimum Gasteiger partial charge on any atom is -0.370 e. The second-order valence-electron chi connectivity index (χ2n) is 9.15. The fourth-order valence-electron chi connectivity index (χ4n) is 7.00. The molecule has 28 heavy (non-hydrogen) atoms. The van der Waals surface area contributed by atoms with Gasteiger partial charge in [0.05, 0.1) is 12.2 Å². The van der Waals surface area contributed by atoms with E-state index in [4.69, 9.17) is 16.3 Å². The summed E-state index contributed by atoms with van der Waals surface area (Å²) in [6.07, 6.45) is 25.3. The maximum atomic E-state index is 6.76. The first-order valence-corrected chi connectivity index (χ1v) is 12.0. The maximum absolute atomic E-state index is 6.76. The lowest BCUT2D eigenvalue weighted by atomic mass is 9.53. The van der Waals surface area contributed by atoms with Gasteiger partial charge in [-0.1, -0.05) is 69.6 Å². The van der Waals surface area contributed by atoms with Gasteiger partial charge in [0.15, 0.2) is 0 Å². The van der Waals surface area contributed by atoms with E-state index in [1.165, 1.54) is 29.3 Å². The maximum Gasteiger partial charge on any atom is 0.0798 e. The highest BCUT2D eigenvalue weighted by molar-refractivity contribution is 9.11. The molecule has 0 saturated carbocycles. The molecule has 6 aliphatic rings. The minimum absolute atomic E-state index is 0.00919. The summed E-state index contributed by atoms with van der Waals surface area (Å²) in [7, 11) is 0. The van der Waals surface area contributed by atoms with Gasteiger partial charge in [0.1, 0.15) is 0 Å². The van der Waals surface area contributed by atoms with Crippen molar-refractivity contribution in [3.8, 4) is 0 Å². The third-order valence-corrected chi connectivity index (χ3v) is 8.90. The SMILES string of the molecule is ClC1=CC2=C(CC1)C1C=CC=CC1C21C2=CCCCC2OC2CCC(Br)=CC21. The van der Waals surface area contributed by atoms with Crippen molar-refractivity contribution in [2.24, 2.45) is 23.2 Å². The average molecular weight is 458 g/mol. The predicted molar refractivity (Wildman–Crippen MR) is 118 cm³/mol. The molecule has 0 aromatic carbocycles. The number of allylic oxidation sites excluding steroid dienone is 10. The Hall–Kier alpha value is -0.830. The van der Waals surface area contributed by atoms with E-state index in [0.29, 0.717) is 23.9 Å². The Morgan fingerprint density at radius 2 is 1.96 bits per heavy atom. The van der Waals surface area contributed by atoms with Crippen LogP contribution in [-0.2, 0) is 4.74 Å². The number of rotatable bonds is 0. The molecular weight excluding hydrogens is 432 g/mol. The molecule has 1 spiro atoms. The molecule has 6 rings (SSSR count). The van der Waals surface area contributed by atoms with Crippen molar-refractivity contribution in [3.05, 3.63) is 68.8 Å². The summed E-state index contributed by atoms with van der Waals surface area (Å²) in [5, 5.41) is 1.03. The monoisotopic (exact) mass is 456 g/mol. The Labute approximate surface area is 181 Å². The van der Waals surface area contributed by atoms with Crippen LogP contribution in [0.3, 0.4) is 0 Å². The lowest BCUT2D eigenvalue weighted by Crippen LogP contribution is -2.54. The van der Waals surface area contributed by atoms with Crippen LogP contribution in [-0.4, -0.2) is 12.2 Å². The van der Waals surface area contributed by atoms with Crippen LogP contribution in [0.15, 0.2) is 68.8 Å². The summed E-state index contributed by atoms with van der Waals surface area (Å²) < 4.78 is 8.11. The number of halogens is 2. The van der Waals surface area contributed by atoms with E-state index in [0.717, 1.165) is 30.7 Å². The quantitative estimate of drug-likeness (QED) is 0.352. The third kappa shape index (κ3) is 2.35. The van der Waals surface area contributed by atoms with Crippen LogP contribution in [0, 0.1) is 23.2 Å². The van der Waals surface area contributed by atoms with Gasteiger partial charge in [-0.05, 0) is 66.7 Å². The van der Waals surface area contributed by atoms with Crippen LogP contribution < -0.4 is 0 Å². The fraction of sp³-hybridized carbons (Fsp3) is 0.520. The molecule has 0 N–H and O–H groups in total. The predicted octanol–water partition coefficient (Wildman–Crippen LogP) is 7.12. The van der Waals surface area contributed by atoms with Crippen LogP contribution in [0.4, 0.5) is 0 Å². The topological polar surface area (TPSA) is 9.23 Å². The zero-order valence-electron chi connectivity index (χ0n) is 16.0. The zero-order chi connectivity index (χ0) is 18.9. The molecule has 0 bridgehead atoms. The molecule has 0 aromatic rings. The molecule has 146 valence electrons. The Bertz CT molecular complexity index is 904. The van der Waals surface area contributed by atoms with Crippen molar-refractivity contribution in [1.82, 2.24) is 0 Å². The Morgan fingerprint density at radius 1 is 1.07 bits per heavy atom. The van der Waals surface area contributed by atoms with Crippen LogP contribution in [0.5, 0.6) is 0 Å². The highest BCUT2D eigenvalue weighted by atomic mass is 79.9. The number of ether oxygens (including phenoxy) is 1. The summed E-state index contributed by atoms with van der Waals surface area (Å²) >= 11 is 10.5. The van der Waals surface area contributed by atoms with Gasteiger partial charge in [-0.2, -0.15) is 0 Å². The van der Waals surface area contributed by atoms with Gasteiger partial charge in [-0.3, -0.25) is 0 Å². The van der Waals surface area contributed by atoms with Crippen molar-refractivity contribution in [1.29, 1.82) is 0 Å². The van der Waals surface area contributed by atoms with Crippen molar-refractivity contribution in [2.45, 2.75) is 57.2 Å². The number of hydrogen-bond donors (Lipinski definition) is 0. The van der Waals surface area contributed by atoms with Gasteiger partial charge in [0.2, 0.25) is 0 Å². The summed E-state index contributed by atoms with van der Waals surface area (Å²) in [5.41, 5.74) is 4.73. The van der Waals surface area contributed by atoms with Crippen LogP contribution in [0.1, 0.15) is 44.9 Å². The van der Waals surface area contributed by atoms with Gasteiger partial charge in [0, 0.05) is 28.2 Å². The van der Waals surface area contributed by atoms with E-state index in [9.17, 15) is 0 Å². The van der Waals surface area contributed by atoms with Gasteiger partial charge >= 0.3 is 0 Å². The Kier molecular flexibility index (Phi) is 4.23. The van der Waals surface area contributed by atoms with E-state index in [1.54, 1.807) is 11.1 Å².